The first-order valence-corrected chi connectivity index (χ1v) is 6.41. The summed E-state index contributed by atoms with van der Waals surface area (Å²) in [7, 11) is 0. The molecule has 1 rings (SSSR count). The third kappa shape index (κ3) is 6.57. The first-order valence-electron chi connectivity index (χ1n) is 6.41. The van der Waals surface area contributed by atoms with Gasteiger partial charge in [0, 0.05) is 32.5 Å². The summed E-state index contributed by atoms with van der Waals surface area (Å²) in [6, 6.07) is 9.26. The van der Waals surface area contributed by atoms with E-state index in [9.17, 15) is 9.59 Å². The van der Waals surface area contributed by atoms with Gasteiger partial charge in [0.1, 0.15) is 0 Å². The molecule has 104 valence electrons. The molecule has 0 radical (unpaired) electrons. The highest BCUT2D eigenvalue weighted by atomic mass is 16.2. The van der Waals surface area contributed by atoms with Crippen LogP contribution in [0.5, 0.6) is 0 Å². The number of amides is 2. The molecule has 0 aliphatic rings. The van der Waals surface area contributed by atoms with Crippen LogP contribution in [0.2, 0.25) is 0 Å². The van der Waals surface area contributed by atoms with Gasteiger partial charge in [-0.05, 0) is 12.0 Å². The van der Waals surface area contributed by atoms with Crippen LogP contribution in [0.25, 0.3) is 0 Å². The predicted molar refractivity (Wildman–Crippen MR) is 74.3 cm³/mol. The van der Waals surface area contributed by atoms with Gasteiger partial charge in [-0.1, -0.05) is 30.3 Å². The molecule has 0 spiro atoms. The quantitative estimate of drug-likeness (QED) is 0.634. The Hall–Kier alpha value is -1.88. The van der Waals surface area contributed by atoms with Crippen molar-refractivity contribution in [3.05, 3.63) is 35.9 Å². The van der Waals surface area contributed by atoms with Crippen molar-refractivity contribution in [3.63, 3.8) is 0 Å². The van der Waals surface area contributed by atoms with Crippen LogP contribution in [0.3, 0.4) is 0 Å². The Labute approximate surface area is 113 Å². The molecule has 0 heterocycles. The van der Waals surface area contributed by atoms with E-state index in [2.05, 4.69) is 10.6 Å². The van der Waals surface area contributed by atoms with Crippen molar-refractivity contribution in [3.8, 4) is 0 Å². The second-order valence-corrected chi connectivity index (χ2v) is 4.41. The predicted octanol–water partition coefficient (Wildman–Crippen LogP) is 0.719. The highest BCUT2D eigenvalue weighted by Gasteiger charge is 2.10. The summed E-state index contributed by atoms with van der Waals surface area (Å²) in [5, 5.41) is 5.46. The van der Waals surface area contributed by atoms with Gasteiger partial charge in [0.25, 0.3) is 0 Å². The van der Waals surface area contributed by atoms with Gasteiger partial charge in [0.2, 0.25) is 11.8 Å². The largest absolute Gasteiger partial charge is 0.356 e. The Bertz CT molecular complexity index is 406. The number of hydrogen-bond acceptors (Lipinski definition) is 3. The SMILES string of the molecule is CC(=O)NCCCNC(=O)CC(N)c1ccccc1. The summed E-state index contributed by atoms with van der Waals surface area (Å²) in [5.74, 6) is -0.128. The van der Waals surface area contributed by atoms with Crippen molar-refractivity contribution in [2.24, 2.45) is 5.73 Å². The van der Waals surface area contributed by atoms with E-state index in [-0.39, 0.29) is 24.3 Å². The number of carbonyl (C=O) groups excluding carboxylic acids is 2. The summed E-state index contributed by atoms with van der Waals surface area (Å²) < 4.78 is 0. The number of rotatable bonds is 7. The van der Waals surface area contributed by atoms with Crippen LogP contribution in [0.1, 0.15) is 31.4 Å². The zero-order valence-corrected chi connectivity index (χ0v) is 11.2. The molecule has 1 aromatic carbocycles. The summed E-state index contributed by atoms with van der Waals surface area (Å²) in [4.78, 5) is 22.3. The second-order valence-electron chi connectivity index (χ2n) is 4.41. The molecular formula is C14H21N3O2. The van der Waals surface area contributed by atoms with Gasteiger partial charge >= 0.3 is 0 Å². The van der Waals surface area contributed by atoms with E-state index < -0.39 is 0 Å². The van der Waals surface area contributed by atoms with E-state index in [0.29, 0.717) is 19.5 Å². The molecular weight excluding hydrogens is 242 g/mol. The molecule has 0 aliphatic carbocycles. The zero-order chi connectivity index (χ0) is 14.1. The number of carbonyl (C=O) groups is 2. The first kappa shape index (κ1) is 15.2. The van der Waals surface area contributed by atoms with Crippen molar-refractivity contribution < 1.29 is 9.59 Å². The molecule has 0 aromatic heterocycles. The van der Waals surface area contributed by atoms with Crippen LogP contribution in [0.4, 0.5) is 0 Å². The Morgan fingerprint density at radius 2 is 1.79 bits per heavy atom. The monoisotopic (exact) mass is 263 g/mol. The lowest BCUT2D eigenvalue weighted by molar-refractivity contribution is -0.121. The minimum Gasteiger partial charge on any atom is -0.356 e. The molecule has 0 aliphatic heterocycles. The fourth-order valence-electron chi connectivity index (χ4n) is 1.67. The Morgan fingerprint density at radius 3 is 2.42 bits per heavy atom. The van der Waals surface area contributed by atoms with Crippen molar-refractivity contribution in [1.29, 1.82) is 0 Å². The van der Waals surface area contributed by atoms with Crippen molar-refractivity contribution >= 4 is 11.8 Å². The molecule has 0 saturated heterocycles. The molecule has 0 saturated carbocycles. The molecule has 0 fully saturated rings. The summed E-state index contributed by atoms with van der Waals surface area (Å²) >= 11 is 0. The van der Waals surface area contributed by atoms with Gasteiger partial charge in [0.15, 0.2) is 0 Å². The highest BCUT2D eigenvalue weighted by molar-refractivity contribution is 5.76. The zero-order valence-electron chi connectivity index (χ0n) is 11.2. The fraction of sp³-hybridized carbons (Fsp3) is 0.429. The first-order chi connectivity index (χ1) is 9.09. The molecule has 1 aromatic rings. The van der Waals surface area contributed by atoms with E-state index in [1.165, 1.54) is 6.92 Å². The van der Waals surface area contributed by atoms with Crippen LogP contribution in [0, 0.1) is 0 Å². The summed E-state index contributed by atoms with van der Waals surface area (Å²) in [6.07, 6.45) is 0.982. The Kier molecular flexibility index (Phi) is 6.60. The van der Waals surface area contributed by atoms with Gasteiger partial charge in [0.05, 0.1) is 0 Å². The number of nitrogens with two attached hydrogens (primary N) is 1. The maximum Gasteiger partial charge on any atom is 0.221 e. The van der Waals surface area contributed by atoms with Crippen LogP contribution < -0.4 is 16.4 Å². The third-order valence-electron chi connectivity index (χ3n) is 2.68. The van der Waals surface area contributed by atoms with Crippen molar-refractivity contribution in [2.45, 2.75) is 25.8 Å². The van der Waals surface area contributed by atoms with Crippen LogP contribution >= 0.6 is 0 Å². The molecule has 5 nitrogen and oxygen atoms in total. The fourth-order valence-corrected chi connectivity index (χ4v) is 1.67. The second kappa shape index (κ2) is 8.26. The lowest BCUT2D eigenvalue weighted by Gasteiger charge is -2.12. The molecule has 5 heteroatoms. The van der Waals surface area contributed by atoms with Crippen LogP contribution in [-0.2, 0) is 9.59 Å². The van der Waals surface area contributed by atoms with Gasteiger partial charge < -0.3 is 16.4 Å². The van der Waals surface area contributed by atoms with Crippen molar-refractivity contribution in [1.82, 2.24) is 10.6 Å². The summed E-state index contributed by atoms with van der Waals surface area (Å²) in [5.41, 5.74) is 6.90. The molecule has 4 N–H and O–H groups in total. The molecule has 0 bridgehead atoms. The number of nitrogens with one attached hydrogen (secondary N) is 2. The number of benzene rings is 1. The van der Waals surface area contributed by atoms with Crippen LogP contribution in [0.15, 0.2) is 30.3 Å². The highest BCUT2D eigenvalue weighted by Crippen LogP contribution is 2.12. The Morgan fingerprint density at radius 1 is 1.16 bits per heavy atom. The Balaban J connectivity index is 2.19. The topological polar surface area (TPSA) is 84.2 Å². The van der Waals surface area contributed by atoms with Gasteiger partial charge in [-0.25, -0.2) is 0 Å². The molecule has 1 atom stereocenters. The molecule has 1 unspecified atom stereocenters. The average Bonchev–Trinajstić information content (AvgIpc) is 2.39. The maximum absolute atomic E-state index is 11.6. The smallest absolute Gasteiger partial charge is 0.221 e. The molecule has 2 amide bonds. The van der Waals surface area contributed by atoms with E-state index in [4.69, 9.17) is 5.73 Å². The van der Waals surface area contributed by atoms with Crippen LogP contribution in [-0.4, -0.2) is 24.9 Å². The minimum atomic E-state index is -0.281. The van der Waals surface area contributed by atoms with E-state index >= 15 is 0 Å². The minimum absolute atomic E-state index is 0.0579. The number of hydrogen-bond donors (Lipinski definition) is 3. The third-order valence-corrected chi connectivity index (χ3v) is 2.68. The van der Waals surface area contributed by atoms with E-state index in [1.54, 1.807) is 0 Å². The van der Waals surface area contributed by atoms with Crippen molar-refractivity contribution in [2.75, 3.05) is 13.1 Å². The van der Waals surface area contributed by atoms with Gasteiger partial charge in [-0.2, -0.15) is 0 Å². The van der Waals surface area contributed by atoms with E-state index in [0.717, 1.165) is 5.56 Å². The van der Waals surface area contributed by atoms with Gasteiger partial charge in [-0.3, -0.25) is 9.59 Å². The standard InChI is InChI=1S/C14H21N3O2/c1-11(18)16-8-5-9-17-14(19)10-13(15)12-6-3-2-4-7-12/h2-4,6-7,13H,5,8-10,15H2,1H3,(H,16,18)(H,17,19). The lowest BCUT2D eigenvalue weighted by atomic mass is 10.0. The average molecular weight is 263 g/mol. The maximum atomic E-state index is 11.6. The van der Waals surface area contributed by atoms with E-state index in [1.807, 2.05) is 30.3 Å². The summed E-state index contributed by atoms with van der Waals surface area (Å²) in [6.45, 7) is 2.58. The normalized spacial score (nSPS) is 11.7. The molecule has 19 heavy (non-hydrogen) atoms. The lowest BCUT2D eigenvalue weighted by Crippen LogP contribution is -2.30. The van der Waals surface area contributed by atoms with Gasteiger partial charge in [-0.15, -0.1) is 0 Å².